The average molecular weight is 268 g/mol. The van der Waals surface area contributed by atoms with Crippen LogP contribution in [0.15, 0.2) is 30.3 Å². The van der Waals surface area contributed by atoms with Gasteiger partial charge in [-0.3, -0.25) is 4.79 Å². The third-order valence-electron chi connectivity index (χ3n) is 2.84. The van der Waals surface area contributed by atoms with E-state index in [2.05, 4.69) is 38.2 Å². The van der Waals surface area contributed by atoms with Crippen molar-refractivity contribution in [3.05, 3.63) is 35.9 Å². The maximum absolute atomic E-state index is 11.9. The molecular formula is C15H22ClNO. The largest absolute Gasteiger partial charge is 0.349 e. The molecule has 1 rings (SSSR count). The summed E-state index contributed by atoms with van der Waals surface area (Å²) in [6.45, 7) is 6.39. The molecule has 2 nitrogen and oxygen atoms in total. The molecule has 0 saturated carbocycles. The number of halogens is 1. The van der Waals surface area contributed by atoms with Crippen LogP contribution in [0.4, 0.5) is 0 Å². The van der Waals surface area contributed by atoms with Gasteiger partial charge >= 0.3 is 0 Å². The maximum Gasteiger partial charge on any atom is 0.220 e. The lowest BCUT2D eigenvalue weighted by molar-refractivity contribution is -0.122. The van der Waals surface area contributed by atoms with Crippen molar-refractivity contribution >= 4 is 17.5 Å². The van der Waals surface area contributed by atoms with Gasteiger partial charge in [0.05, 0.1) is 6.04 Å². The number of carbonyl (C=O) groups is 1. The van der Waals surface area contributed by atoms with E-state index in [4.69, 9.17) is 11.6 Å². The summed E-state index contributed by atoms with van der Waals surface area (Å²) in [5, 5.41) is 3.11. The Labute approximate surface area is 115 Å². The lowest BCUT2D eigenvalue weighted by Gasteiger charge is -2.32. The van der Waals surface area contributed by atoms with Crippen molar-refractivity contribution in [2.45, 2.75) is 39.7 Å². The summed E-state index contributed by atoms with van der Waals surface area (Å²) in [6, 6.07) is 10.1. The van der Waals surface area contributed by atoms with Crippen LogP contribution in [-0.4, -0.2) is 11.8 Å². The number of hydrogen-bond acceptors (Lipinski definition) is 1. The Bertz CT molecular complexity index is 370. The highest BCUT2D eigenvalue weighted by Crippen LogP contribution is 2.32. The van der Waals surface area contributed by atoms with Gasteiger partial charge in [0.15, 0.2) is 0 Å². The van der Waals surface area contributed by atoms with E-state index in [0.29, 0.717) is 12.3 Å². The highest BCUT2D eigenvalue weighted by molar-refractivity contribution is 6.17. The van der Waals surface area contributed by atoms with Gasteiger partial charge in [-0.2, -0.15) is 0 Å². The normalized spacial score (nSPS) is 13.1. The summed E-state index contributed by atoms with van der Waals surface area (Å²) in [6.07, 6.45) is 1.21. The third kappa shape index (κ3) is 4.69. The van der Waals surface area contributed by atoms with Crippen molar-refractivity contribution in [1.29, 1.82) is 0 Å². The van der Waals surface area contributed by atoms with Crippen LogP contribution in [0.2, 0.25) is 0 Å². The number of benzene rings is 1. The molecule has 0 aliphatic rings. The lowest BCUT2D eigenvalue weighted by atomic mass is 9.82. The van der Waals surface area contributed by atoms with Gasteiger partial charge in [0.2, 0.25) is 5.91 Å². The molecule has 0 saturated heterocycles. The highest BCUT2D eigenvalue weighted by Gasteiger charge is 2.27. The fourth-order valence-electron chi connectivity index (χ4n) is 1.91. The number of alkyl halides is 1. The van der Waals surface area contributed by atoms with Crippen LogP contribution in [0.3, 0.4) is 0 Å². The average Bonchev–Trinajstić information content (AvgIpc) is 2.33. The SMILES string of the molecule is CC(C)(C)C(NC(=O)CCCCl)c1ccccc1. The Hall–Kier alpha value is -1.02. The Morgan fingerprint density at radius 1 is 1.28 bits per heavy atom. The van der Waals surface area contributed by atoms with E-state index < -0.39 is 0 Å². The molecule has 0 spiro atoms. The van der Waals surface area contributed by atoms with Gasteiger partial charge in [-0.15, -0.1) is 11.6 Å². The Balaban J connectivity index is 2.78. The second-order valence-electron chi connectivity index (χ2n) is 5.57. The predicted octanol–water partition coefficient (Wildman–Crippen LogP) is 3.91. The Morgan fingerprint density at radius 3 is 2.39 bits per heavy atom. The van der Waals surface area contributed by atoms with Gasteiger partial charge < -0.3 is 5.32 Å². The van der Waals surface area contributed by atoms with Crippen LogP contribution >= 0.6 is 11.6 Å². The fourth-order valence-corrected chi connectivity index (χ4v) is 2.04. The minimum absolute atomic E-state index is 0.0159. The van der Waals surface area contributed by atoms with Gasteiger partial charge in [-0.25, -0.2) is 0 Å². The molecule has 0 heterocycles. The molecule has 3 heteroatoms. The Morgan fingerprint density at radius 2 is 1.89 bits per heavy atom. The van der Waals surface area contributed by atoms with E-state index >= 15 is 0 Å². The summed E-state index contributed by atoms with van der Waals surface area (Å²) >= 11 is 5.61. The topological polar surface area (TPSA) is 29.1 Å². The highest BCUT2D eigenvalue weighted by atomic mass is 35.5. The molecule has 0 aliphatic heterocycles. The number of amides is 1. The molecule has 18 heavy (non-hydrogen) atoms. The van der Waals surface area contributed by atoms with Crippen LogP contribution in [0.5, 0.6) is 0 Å². The molecule has 1 N–H and O–H groups in total. The summed E-state index contributed by atoms with van der Waals surface area (Å²) in [5.74, 6) is 0.596. The second kappa shape index (κ2) is 6.79. The van der Waals surface area contributed by atoms with E-state index in [9.17, 15) is 4.79 Å². The van der Waals surface area contributed by atoms with Crippen LogP contribution in [0.1, 0.15) is 45.2 Å². The summed E-state index contributed by atoms with van der Waals surface area (Å²) in [5.41, 5.74) is 1.13. The van der Waals surface area contributed by atoms with Gasteiger partial charge in [0, 0.05) is 12.3 Å². The van der Waals surface area contributed by atoms with E-state index in [1.54, 1.807) is 0 Å². The predicted molar refractivity (Wildman–Crippen MR) is 76.7 cm³/mol. The van der Waals surface area contributed by atoms with Crippen LogP contribution in [0.25, 0.3) is 0 Å². The zero-order chi connectivity index (χ0) is 13.6. The van der Waals surface area contributed by atoms with E-state index in [-0.39, 0.29) is 17.4 Å². The van der Waals surface area contributed by atoms with Crippen molar-refractivity contribution < 1.29 is 4.79 Å². The number of nitrogens with one attached hydrogen (secondary N) is 1. The molecule has 100 valence electrons. The van der Waals surface area contributed by atoms with Gasteiger partial charge in [-0.05, 0) is 17.4 Å². The first-order valence-corrected chi connectivity index (χ1v) is 6.89. The second-order valence-corrected chi connectivity index (χ2v) is 5.95. The minimum atomic E-state index is -0.0159. The van der Waals surface area contributed by atoms with Crippen molar-refractivity contribution in [3.63, 3.8) is 0 Å². The van der Waals surface area contributed by atoms with Crippen LogP contribution < -0.4 is 5.32 Å². The number of rotatable bonds is 5. The van der Waals surface area contributed by atoms with E-state index in [0.717, 1.165) is 12.0 Å². The first-order valence-electron chi connectivity index (χ1n) is 6.35. The third-order valence-corrected chi connectivity index (χ3v) is 3.11. The smallest absolute Gasteiger partial charge is 0.220 e. The molecule has 0 aromatic heterocycles. The van der Waals surface area contributed by atoms with Gasteiger partial charge in [0.1, 0.15) is 0 Å². The number of carbonyl (C=O) groups excluding carboxylic acids is 1. The summed E-state index contributed by atoms with van der Waals surface area (Å²) in [7, 11) is 0. The maximum atomic E-state index is 11.9. The molecule has 1 atom stereocenters. The van der Waals surface area contributed by atoms with E-state index in [1.165, 1.54) is 0 Å². The van der Waals surface area contributed by atoms with Crippen molar-refractivity contribution in [3.8, 4) is 0 Å². The molecule has 0 fully saturated rings. The van der Waals surface area contributed by atoms with Crippen molar-refractivity contribution in [2.24, 2.45) is 5.41 Å². The minimum Gasteiger partial charge on any atom is -0.349 e. The molecule has 0 bridgehead atoms. The quantitative estimate of drug-likeness (QED) is 0.806. The standard InChI is InChI=1S/C15H22ClNO/c1-15(2,3)14(12-8-5-4-6-9-12)17-13(18)10-7-11-16/h4-6,8-9,14H,7,10-11H2,1-3H3,(H,17,18). The lowest BCUT2D eigenvalue weighted by Crippen LogP contribution is -2.36. The first kappa shape index (κ1) is 15.0. The Kier molecular flexibility index (Phi) is 5.67. The molecule has 1 unspecified atom stereocenters. The van der Waals surface area contributed by atoms with Gasteiger partial charge in [-0.1, -0.05) is 51.1 Å². The van der Waals surface area contributed by atoms with Crippen LogP contribution in [0, 0.1) is 5.41 Å². The molecule has 0 radical (unpaired) electrons. The van der Waals surface area contributed by atoms with Gasteiger partial charge in [0.25, 0.3) is 0 Å². The fraction of sp³-hybridized carbons (Fsp3) is 0.533. The molecule has 1 aromatic carbocycles. The first-order chi connectivity index (χ1) is 8.45. The molecular weight excluding hydrogens is 246 g/mol. The zero-order valence-electron chi connectivity index (χ0n) is 11.4. The summed E-state index contributed by atoms with van der Waals surface area (Å²) < 4.78 is 0. The number of hydrogen-bond donors (Lipinski definition) is 1. The zero-order valence-corrected chi connectivity index (χ0v) is 12.1. The van der Waals surface area contributed by atoms with E-state index in [1.807, 2.05) is 18.2 Å². The van der Waals surface area contributed by atoms with Crippen molar-refractivity contribution in [2.75, 3.05) is 5.88 Å². The molecule has 1 aromatic rings. The molecule has 1 amide bonds. The van der Waals surface area contributed by atoms with Crippen molar-refractivity contribution in [1.82, 2.24) is 5.32 Å². The monoisotopic (exact) mass is 267 g/mol. The van der Waals surface area contributed by atoms with Crippen LogP contribution in [-0.2, 0) is 4.79 Å². The summed E-state index contributed by atoms with van der Waals surface area (Å²) in [4.78, 5) is 11.9. The molecule has 0 aliphatic carbocycles.